The summed E-state index contributed by atoms with van der Waals surface area (Å²) in [6.07, 6.45) is 0. The summed E-state index contributed by atoms with van der Waals surface area (Å²) in [5.41, 5.74) is 0. The normalized spacial score (nSPS) is 10.6. The van der Waals surface area contributed by atoms with E-state index in [0.29, 0.717) is 3.57 Å². The van der Waals surface area contributed by atoms with Gasteiger partial charge in [0.15, 0.2) is 0 Å². The fourth-order valence-corrected chi connectivity index (χ4v) is 4.10. The maximum absolute atomic E-state index is 11.1. The summed E-state index contributed by atoms with van der Waals surface area (Å²) in [5.74, 6) is -1.77. The van der Waals surface area contributed by atoms with Gasteiger partial charge >= 0.3 is 117 Å². The van der Waals surface area contributed by atoms with Crippen LogP contribution >= 0.6 is 43.9 Å². The first kappa shape index (κ1) is 14.5. The number of alkyl halides is 2. The number of benzene rings is 1. The van der Waals surface area contributed by atoms with E-state index in [-0.39, 0.29) is 11.8 Å². The monoisotopic (exact) mass is 390 g/mol. The predicted octanol–water partition coefficient (Wildman–Crippen LogP) is 2.76. The van der Waals surface area contributed by atoms with Crippen LogP contribution in [0.3, 0.4) is 0 Å². The molecule has 1 aromatic rings. The van der Waals surface area contributed by atoms with Gasteiger partial charge in [-0.3, -0.25) is 0 Å². The zero-order valence-corrected chi connectivity index (χ0v) is 12.2. The Morgan fingerprint density at radius 1 is 1.00 bits per heavy atom. The number of halogens is 3. The van der Waals surface area contributed by atoms with E-state index in [1.165, 1.54) is 0 Å². The van der Waals surface area contributed by atoms with Crippen LogP contribution in [-0.2, 0) is 15.7 Å². The molecule has 0 radical (unpaired) electrons. The van der Waals surface area contributed by atoms with Crippen molar-refractivity contribution in [2.45, 2.75) is 0 Å². The summed E-state index contributed by atoms with van der Waals surface area (Å²) >= 11 is 7.87. The van der Waals surface area contributed by atoms with Crippen molar-refractivity contribution in [2.75, 3.05) is 11.8 Å². The van der Waals surface area contributed by atoms with Crippen molar-refractivity contribution >= 4 is 55.8 Å². The van der Waals surface area contributed by atoms with Crippen molar-refractivity contribution in [3.05, 3.63) is 33.9 Å². The van der Waals surface area contributed by atoms with Crippen LogP contribution in [0.1, 0.15) is 0 Å². The van der Waals surface area contributed by atoms with E-state index in [1.807, 2.05) is 6.07 Å². The molecule has 4 nitrogen and oxygen atoms in total. The van der Waals surface area contributed by atoms with Gasteiger partial charge < -0.3 is 0 Å². The van der Waals surface area contributed by atoms with Gasteiger partial charge in [-0.1, -0.05) is 0 Å². The molecule has 0 aliphatic rings. The summed E-state index contributed by atoms with van der Waals surface area (Å²) < 4.78 is 10.8. The van der Waals surface area contributed by atoms with Gasteiger partial charge in [0.1, 0.15) is 0 Å². The van der Waals surface area contributed by atoms with E-state index in [2.05, 4.69) is 0 Å². The molecule has 0 atom stereocenters. The Labute approximate surface area is 117 Å². The molecular weight excluding hydrogens is 382 g/mol. The van der Waals surface area contributed by atoms with Gasteiger partial charge in [0.05, 0.1) is 0 Å². The molecule has 0 N–H and O–H groups in total. The Morgan fingerprint density at radius 3 is 1.88 bits per heavy atom. The fraction of sp³-hybridized carbons (Fsp3) is 0.200. The van der Waals surface area contributed by atoms with E-state index >= 15 is 0 Å². The van der Waals surface area contributed by atoms with E-state index < -0.39 is 32.6 Å². The molecule has 0 aliphatic carbocycles. The third kappa shape index (κ3) is 5.10. The topological polar surface area (TPSA) is 52.6 Å². The zero-order valence-electron chi connectivity index (χ0n) is 8.57. The van der Waals surface area contributed by atoms with Crippen molar-refractivity contribution in [2.24, 2.45) is 0 Å². The second-order valence-electron chi connectivity index (χ2n) is 2.68. The standard InChI is InChI=1S/C10H9Cl2IO4/c11-6-9(14)16-13(17-10(15)7-12)8-4-2-1-3-5-8/h1-5H,6-7H2. The molecule has 0 spiro atoms. The average Bonchev–Trinajstić information content (AvgIpc) is 2.38. The van der Waals surface area contributed by atoms with Gasteiger partial charge in [-0.25, -0.2) is 0 Å². The van der Waals surface area contributed by atoms with Crippen LogP contribution < -0.4 is 0 Å². The van der Waals surface area contributed by atoms with Crippen LogP contribution in [0.4, 0.5) is 0 Å². The van der Waals surface area contributed by atoms with Gasteiger partial charge in [0, 0.05) is 0 Å². The first-order valence-electron chi connectivity index (χ1n) is 4.47. The van der Waals surface area contributed by atoms with Crippen LogP contribution in [0.2, 0.25) is 0 Å². The molecule has 0 saturated heterocycles. The summed E-state index contributed by atoms with van der Waals surface area (Å²) in [4.78, 5) is 22.3. The van der Waals surface area contributed by atoms with Gasteiger partial charge in [-0.15, -0.1) is 0 Å². The zero-order chi connectivity index (χ0) is 12.7. The molecule has 7 heteroatoms. The Kier molecular flexibility index (Phi) is 6.61. The molecule has 0 fully saturated rings. The summed E-state index contributed by atoms with van der Waals surface area (Å²) in [7, 11) is 0. The maximum atomic E-state index is 11.1. The van der Waals surface area contributed by atoms with Crippen molar-refractivity contribution in [1.82, 2.24) is 0 Å². The first-order valence-corrected chi connectivity index (χ1v) is 8.38. The van der Waals surface area contributed by atoms with Crippen LogP contribution in [0.25, 0.3) is 0 Å². The van der Waals surface area contributed by atoms with Gasteiger partial charge in [-0.05, 0) is 0 Å². The van der Waals surface area contributed by atoms with Crippen LogP contribution in [0.5, 0.6) is 0 Å². The second kappa shape index (κ2) is 7.73. The Bertz CT molecular complexity index is 367. The van der Waals surface area contributed by atoms with Crippen molar-refractivity contribution < 1.29 is 15.7 Å². The molecule has 1 rings (SSSR count). The number of hydrogen-bond acceptors (Lipinski definition) is 4. The predicted molar refractivity (Wildman–Crippen MR) is 72.8 cm³/mol. The van der Waals surface area contributed by atoms with E-state index in [4.69, 9.17) is 29.3 Å². The van der Waals surface area contributed by atoms with Crippen LogP contribution in [0.15, 0.2) is 30.3 Å². The van der Waals surface area contributed by atoms with Crippen molar-refractivity contribution in [3.63, 3.8) is 0 Å². The fourth-order valence-electron chi connectivity index (χ4n) is 0.820. The molecule has 0 unspecified atom stereocenters. The Balaban J connectivity index is 2.79. The van der Waals surface area contributed by atoms with E-state index in [1.54, 1.807) is 24.3 Å². The number of hydrogen-bond donors (Lipinski definition) is 0. The Hall–Kier alpha value is -0.530. The minimum atomic E-state index is -2.80. The number of carbonyl (C=O) groups is 2. The molecule has 0 amide bonds. The van der Waals surface area contributed by atoms with E-state index in [0.717, 1.165) is 0 Å². The summed E-state index contributed by atoms with van der Waals surface area (Å²) in [5, 5.41) is 0. The summed E-state index contributed by atoms with van der Waals surface area (Å²) in [6, 6.07) is 8.80. The van der Waals surface area contributed by atoms with Gasteiger partial charge in [0.25, 0.3) is 0 Å². The summed E-state index contributed by atoms with van der Waals surface area (Å²) in [6.45, 7) is 0. The second-order valence-corrected chi connectivity index (χ2v) is 6.58. The quantitative estimate of drug-likeness (QED) is 0.573. The van der Waals surface area contributed by atoms with Crippen LogP contribution in [-0.4, -0.2) is 23.7 Å². The molecular formula is C10H9Cl2IO4. The number of carbonyl (C=O) groups excluding carboxylic acids is 2. The van der Waals surface area contributed by atoms with Gasteiger partial charge in [0.2, 0.25) is 0 Å². The third-order valence-corrected chi connectivity index (χ3v) is 5.40. The molecule has 0 aromatic heterocycles. The molecule has 1 aromatic carbocycles. The van der Waals surface area contributed by atoms with Crippen molar-refractivity contribution in [3.8, 4) is 0 Å². The third-order valence-electron chi connectivity index (χ3n) is 1.44. The first-order chi connectivity index (χ1) is 8.17. The van der Waals surface area contributed by atoms with Crippen LogP contribution in [0, 0.1) is 3.57 Å². The SMILES string of the molecule is O=C(CCl)OI(OC(=O)CCl)c1ccccc1. The minimum absolute atomic E-state index is 0.279. The van der Waals surface area contributed by atoms with Crippen molar-refractivity contribution in [1.29, 1.82) is 0 Å². The molecule has 0 heterocycles. The molecule has 0 aliphatic heterocycles. The molecule has 0 saturated carbocycles. The average molecular weight is 391 g/mol. The van der Waals surface area contributed by atoms with E-state index in [9.17, 15) is 9.59 Å². The Morgan fingerprint density at radius 2 is 1.47 bits per heavy atom. The molecule has 0 bridgehead atoms. The molecule has 17 heavy (non-hydrogen) atoms. The van der Waals surface area contributed by atoms with Gasteiger partial charge in [-0.2, -0.15) is 0 Å². The molecule has 94 valence electrons. The number of rotatable bonds is 5.